The number of carbonyl (C=O) groups excluding carboxylic acids is 1. The van der Waals surface area contributed by atoms with Crippen LogP contribution in [0, 0.1) is 12.3 Å². The summed E-state index contributed by atoms with van der Waals surface area (Å²) >= 11 is 2.73. The molecule has 0 N–H and O–H groups in total. The number of hydrogen-bond donors (Lipinski definition) is 0. The van der Waals surface area contributed by atoms with Gasteiger partial charge in [0.25, 0.3) is 0 Å². The predicted molar refractivity (Wildman–Crippen MR) is 105 cm³/mol. The van der Waals surface area contributed by atoms with Crippen LogP contribution in [0.3, 0.4) is 0 Å². The second kappa shape index (κ2) is 6.75. The standard InChI is InChI=1S/C19H13N3O2S2/c1-3-11-22-16-13(24-2)8-6-10-15(16)26-19(22)21-17(23)18-20-12-7-4-5-9-14(12)25-18/h1,4-10H,11H2,2H3. The van der Waals surface area contributed by atoms with E-state index in [1.54, 1.807) is 7.11 Å². The Morgan fingerprint density at radius 2 is 2.04 bits per heavy atom. The molecule has 2 aromatic carbocycles. The number of rotatable bonds is 3. The van der Waals surface area contributed by atoms with E-state index in [2.05, 4.69) is 15.9 Å². The maximum absolute atomic E-state index is 12.7. The monoisotopic (exact) mass is 379 g/mol. The van der Waals surface area contributed by atoms with Crippen molar-refractivity contribution in [3.05, 3.63) is 52.3 Å². The summed E-state index contributed by atoms with van der Waals surface area (Å²) < 4.78 is 9.17. The fourth-order valence-corrected chi connectivity index (χ4v) is 4.58. The zero-order valence-electron chi connectivity index (χ0n) is 13.8. The molecule has 2 aromatic heterocycles. The van der Waals surface area contributed by atoms with Gasteiger partial charge >= 0.3 is 5.91 Å². The summed E-state index contributed by atoms with van der Waals surface area (Å²) in [7, 11) is 1.61. The molecule has 0 atom stereocenters. The minimum Gasteiger partial charge on any atom is -0.495 e. The lowest BCUT2D eigenvalue weighted by molar-refractivity contribution is 0.0997. The van der Waals surface area contributed by atoms with E-state index in [0.717, 1.165) is 20.4 Å². The highest BCUT2D eigenvalue weighted by molar-refractivity contribution is 7.20. The van der Waals surface area contributed by atoms with Crippen LogP contribution >= 0.6 is 22.7 Å². The molecule has 26 heavy (non-hydrogen) atoms. The molecule has 0 aliphatic rings. The van der Waals surface area contributed by atoms with Crippen molar-refractivity contribution in [3.63, 3.8) is 0 Å². The Hall–Kier alpha value is -2.95. The van der Waals surface area contributed by atoms with Crippen molar-refractivity contribution in [1.82, 2.24) is 9.55 Å². The highest BCUT2D eigenvalue weighted by atomic mass is 32.1. The SMILES string of the molecule is C#CCn1c(=NC(=O)c2nc3ccccc3s2)sc2cccc(OC)c21. The molecule has 0 saturated heterocycles. The molecule has 4 rings (SSSR count). The van der Waals surface area contributed by atoms with E-state index in [4.69, 9.17) is 11.2 Å². The van der Waals surface area contributed by atoms with Crippen molar-refractivity contribution in [3.8, 4) is 18.1 Å². The molecule has 0 aliphatic heterocycles. The average Bonchev–Trinajstić information content (AvgIpc) is 3.24. The van der Waals surface area contributed by atoms with Gasteiger partial charge in [0.05, 0.1) is 28.6 Å². The number of aromatic nitrogens is 2. The van der Waals surface area contributed by atoms with Gasteiger partial charge in [-0.25, -0.2) is 4.98 Å². The van der Waals surface area contributed by atoms with Gasteiger partial charge in [-0.2, -0.15) is 4.99 Å². The minimum atomic E-state index is -0.373. The minimum absolute atomic E-state index is 0.298. The fraction of sp³-hybridized carbons (Fsp3) is 0.105. The molecule has 0 spiro atoms. The van der Waals surface area contributed by atoms with E-state index >= 15 is 0 Å². The van der Waals surface area contributed by atoms with Gasteiger partial charge in [-0.05, 0) is 24.3 Å². The Kier molecular flexibility index (Phi) is 4.29. The van der Waals surface area contributed by atoms with Crippen LogP contribution in [-0.2, 0) is 6.54 Å². The second-order valence-electron chi connectivity index (χ2n) is 5.39. The smallest absolute Gasteiger partial charge is 0.308 e. The van der Waals surface area contributed by atoms with E-state index < -0.39 is 0 Å². The summed E-state index contributed by atoms with van der Waals surface area (Å²) in [6, 6.07) is 13.4. The molecular weight excluding hydrogens is 366 g/mol. The number of fused-ring (bicyclic) bond motifs is 2. The third kappa shape index (κ3) is 2.79. The van der Waals surface area contributed by atoms with Crippen molar-refractivity contribution in [2.75, 3.05) is 7.11 Å². The van der Waals surface area contributed by atoms with Crippen LogP contribution in [0.1, 0.15) is 9.80 Å². The van der Waals surface area contributed by atoms with Gasteiger partial charge in [-0.1, -0.05) is 35.5 Å². The Labute approximate surface area is 157 Å². The van der Waals surface area contributed by atoms with E-state index in [1.165, 1.54) is 22.7 Å². The van der Waals surface area contributed by atoms with E-state index in [0.29, 0.717) is 22.1 Å². The molecule has 1 amide bonds. The zero-order valence-corrected chi connectivity index (χ0v) is 15.4. The molecule has 0 aliphatic carbocycles. The molecule has 128 valence electrons. The molecule has 0 fully saturated rings. The molecule has 5 nitrogen and oxygen atoms in total. The highest BCUT2D eigenvalue weighted by Gasteiger charge is 2.14. The maximum atomic E-state index is 12.7. The number of methoxy groups -OCH3 is 1. The third-order valence-electron chi connectivity index (χ3n) is 3.81. The first-order chi connectivity index (χ1) is 12.7. The van der Waals surface area contributed by atoms with Gasteiger partial charge in [0.1, 0.15) is 11.3 Å². The summed E-state index contributed by atoms with van der Waals surface area (Å²) in [6.07, 6.45) is 5.52. The van der Waals surface area contributed by atoms with Crippen molar-refractivity contribution in [2.45, 2.75) is 6.54 Å². The van der Waals surface area contributed by atoms with Crippen LogP contribution in [0.15, 0.2) is 47.5 Å². The number of terminal acetylenes is 1. The average molecular weight is 379 g/mol. The van der Waals surface area contributed by atoms with Crippen LogP contribution < -0.4 is 9.54 Å². The van der Waals surface area contributed by atoms with Gasteiger partial charge in [-0.3, -0.25) is 4.79 Å². The van der Waals surface area contributed by atoms with Gasteiger partial charge in [-0.15, -0.1) is 17.8 Å². The first-order valence-electron chi connectivity index (χ1n) is 7.75. The van der Waals surface area contributed by atoms with Crippen molar-refractivity contribution in [1.29, 1.82) is 0 Å². The normalized spacial score (nSPS) is 11.8. The number of hydrogen-bond acceptors (Lipinski definition) is 5. The predicted octanol–water partition coefficient (Wildman–Crippen LogP) is 3.70. The summed E-state index contributed by atoms with van der Waals surface area (Å²) in [5, 5.41) is 0.364. The topological polar surface area (TPSA) is 56.5 Å². The lowest BCUT2D eigenvalue weighted by atomic mass is 10.3. The van der Waals surface area contributed by atoms with Crippen LogP contribution in [-0.4, -0.2) is 22.6 Å². The lowest BCUT2D eigenvalue weighted by Gasteiger charge is -2.05. The Balaban J connectivity index is 1.88. The molecule has 0 saturated carbocycles. The molecule has 0 bridgehead atoms. The largest absolute Gasteiger partial charge is 0.495 e. The molecule has 7 heteroatoms. The van der Waals surface area contributed by atoms with Crippen LogP contribution in [0.2, 0.25) is 0 Å². The first kappa shape index (κ1) is 16.5. The lowest BCUT2D eigenvalue weighted by Crippen LogP contribution is -2.16. The maximum Gasteiger partial charge on any atom is 0.308 e. The molecule has 0 unspecified atom stereocenters. The van der Waals surface area contributed by atoms with Crippen molar-refractivity contribution in [2.24, 2.45) is 4.99 Å². The number of para-hydroxylation sites is 2. The number of thiazole rings is 2. The molecule has 4 aromatic rings. The zero-order chi connectivity index (χ0) is 18.1. The quantitative estimate of drug-likeness (QED) is 0.510. The number of amides is 1. The highest BCUT2D eigenvalue weighted by Crippen LogP contribution is 2.27. The summed E-state index contributed by atoms with van der Waals surface area (Å²) in [5.41, 5.74) is 1.64. The second-order valence-corrected chi connectivity index (χ2v) is 7.43. The third-order valence-corrected chi connectivity index (χ3v) is 5.88. The van der Waals surface area contributed by atoms with E-state index in [-0.39, 0.29) is 5.91 Å². The van der Waals surface area contributed by atoms with Gasteiger partial charge in [0.2, 0.25) is 0 Å². The molecule has 0 radical (unpaired) electrons. The van der Waals surface area contributed by atoms with Crippen molar-refractivity contribution < 1.29 is 9.53 Å². The number of benzene rings is 2. The number of ether oxygens (including phenoxy) is 1. The van der Waals surface area contributed by atoms with Crippen molar-refractivity contribution >= 4 is 49.0 Å². The number of nitrogens with zero attached hydrogens (tertiary/aromatic N) is 3. The Morgan fingerprint density at radius 3 is 2.81 bits per heavy atom. The summed E-state index contributed by atoms with van der Waals surface area (Å²) in [6.45, 7) is 0.298. The molecule has 2 heterocycles. The Morgan fingerprint density at radius 1 is 1.23 bits per heavy atom. The summed E-state index contributed by atoms with van der Waals surface area (Å²) in [5.74, 6) is 2.94. The van der Waals surface area contributed by atoms with Crippen LogP contribution in [0.25, 0.3) is 20.4 Å². The van der Waals surface area contributed by atoms with Crippen LogP contribution in [0.5, 0.6) is 5.75 Å². The Bertz CT molecular complexity index is 1210. The molecular formula is C19H13N3O2S2. The van der Waals surface area contributed by atoms with Gasteiger partial charge < -0.3 is 9.30 Å². The van der Waals surface area contributed by atoms with Crippen LogP contribution in [0.4, 0.5) is 0 Å². The van der Waals surface area contributed by atoms with E-state index in [9.17, 15) is 4.79 Å². The first-order valence-corrected chi connectivity index (χ1v) is 9.39. The van der Waals surface area contributed by atoms with Gasteiger partial charge in [0, 0.05) is 0 Å². The van der Waals surface area contributed by atoms with E-state index in [1.807, 2.05) is 47.0 Å². The number of carbonyl (C=O) groups is 1. The summed E-state index contributed by atoms with van der Waals surface area (Å²) in [4.78, 5) is 21.9. The van der Waals surface area contributed by atoms with Gasteiger partial charge in [0.15, 0.2) is 9.81 Å². The fourth-order valence-electron chi connectivity index (χ4n) is 2.68.